The Hall–Kier alpha value is -4.96. The van der Waals surface area contributed by atoms with Crippen LogP contribution < -0.4 is 14.4 Å². The van der Waals surface area contributed by atoms with E-state index in [1.807, 2.05) is 25.1 Å². The van der Waals surface area contributed by atoms with Gasteiger partial charge in [-0.2, -0.15) is 0 Å². The van der Waals surface area contributed by atoms with Gasteiger partial charge in [-0.1, -0.05) is 41.7 Å². The lowest BCUT2D eigenvalue weighted by Gasteiger charge is -2.23. The number of aliphatic hydroxyl groups is 1. The van der Waals surface area contributed by atoms with E-state index in [-0.39, 0.29) is 27.9 Å². The molecule has 5 rings (SSSR count). The van der Waals surface area contributed by atoms with Crippen molar-refractivity contribution in [2.75, 3.05) is 18.6 Å². The van der Waals surface area contributed by atoms with E-state index < -0.39 is 23.7 Å². The number of rotatable bonds is 8. The number of carbonyl (C=O) groups excluding carboxylic acids is 3. The quantitative estimate of drug-likeness (QED) is 0.110. The number of hydrogen-bond acceptors (Lipinski definition) is 9. The number of esters is 1. The summed E-state index contributed by atoms with van der Waals surface area (Å²) in [5, 5.41) is 11.7. The van der Waals surface area contributed by atoms with Gasteiger partial charge in [0.1, 0.15) is 27.9 Å². The maximum atomic E-state index is 13.6. The second-order valence-electron chi connectivity index (χ2n) is 9.47. The van der Waals surface area contributed by atoms with Crippen LogP contribution in [-0.2, 0) is 14.3 Å². The lowest BCUT2D eigenvalue weighted by molar-refractivity contribution is -0.132. The lowest BCUT2D eigenvalue weighted by atomic mass is 9.94. The number of amides is 1. The van der Waals surface area contributed by atoms with E-state index in [0.717, 1.165) is 16.9 Å². The molecule has 0 aliphatic carbocycles. The minimum atomic E-state index is -1.06. The van der Waals surface area contributed by atoms with Gasteiger partial charge < -0.3 is 19.3 Å². The van der Waals surface area contributed by atoms with Gasteiger partial charge >= 0.3 is 11.9 Å². The van der Waals surface area contributed by atoms with Crippen LogP contribution >= 0.6 is 11.3 Å². The summed E-state index contributed by atoms with van der Waals surface area (Å²) in [6.07, 6.45) is 0. The largest absolute Gasteiger partial charge is 0.507 e. The number of aliphatic hydroxyl groups excluding tert-OH is 1. The highest BCUT2D eigenvalue weighted by Crippen LogP contribution is 2.45. The number of hydrogen-bond donors (Lipinski definition) is 1. The molecule has 0 bridgehead atoms. The van der Waals surface area contributed by atoms with E-state index in [0.29, 0.717) is 34.1 Å². The van der Waals surface area contributed by atoms with Crippen molar-refractivity contribution in [2.24, 2.45) is 0 Å². The molecule has 2 heterocycles. The number of aryl methyl sites for hydroxylation is 2. The van der Waals surface area contributed by atoms with E-state index in [9.17, 15) is 19.5 Å². The fourth-order valence-corrected chi connectivity index (χ4v) is 5.76. The molecule has 3 aromatic carbocycles. The number of carbonyl (C=O) groups is 3. The summed E-state index contributed by atoms with van der Waals surface area (Å²) in [6, 6.07) is 20.0. The Labute approximate surface area is 246 Å². The minimum Gasteiger partial charge on any atom is -0.507 e. The number of ether oxygens (including phenoxy) is 3. The molecule has 9 nitrogen and oxygen atoms in total. The standard InChI is InChI=1S/C32H28N2O7S/c1-5-40-31(38)29-19(3)33-32(42-29)34-26(20-10-9-13-23(17-20)41-22-11-7-6-8-12-22)25(28(36)30(34)37)27(35)21-14-15-24(39-4)18(2)16-21/h6-17,26,35H,5H2,1-4H3/t26-/m1/s1. The van der Waals surface area contributed by atoms with Crippen molar-refractivity contribution in [3.05, 3.63) is 106 Å². The number of thiazole rings is 1. The number of anilines is 1. The lowest BCUT2D eigenvalue weighted by Crippen LogP contribution is -2.29. The van der Waals surface area contributed by atoms with Crippen molar-refractivity contribution >= 4 is 39.9 Å². The molecule has 1 N–H and O–H groups in total. The van der Waals surface area contributed by atoms with Crippen LogP contribution in [0.25, 0.3) is 5.76 Å². The van der Waals surface area contributed by atoms with E-state index >= 15 is 0 Å². The summed E-state index contributed by atoms with van der Waals surface area (Å²) >= 11 is 0.948. The summed E-state index contributed by atoms with van der Waals surface area (Å²) in [5.74, 6) is -1.01. The number of aromatic nitrogens is 1. The Balaban J connectivity index is 1.67. The van der Waals surface area contributed by atoms with Gasteiger partial charge in [0.15, 0.2) is 5.13 Å². The smallest absolute Gasteiger partial charge is 0.350 e. The molecule has 1 aliphatic heterocycles. The zero-order valence-corrected chi connectivity index (χ0v) is 24.2. The van der Waals surface area contributed by atoms with Crippen molar-refractivity contribution in [3.8, 4) is 17.2 Å². The first-order chi connectivity index (χ1) is 20.2. The van der Waals surface area contributed by atoms with Crippen molar-refractivity contribution < 1.29 is 33.7 Å². The first-order valence-electron chi connectivity index (χ1n) is 13.2. The Bertz CT molecular complexity index is 1710. The van der Waals surface area contributed by atoms with Crippen LogP contribution in [0.5, 0.6) is 17.2 Å². The molecule has 1 amide bonds. The number of nitrogens with zero attached hydrogens (tertiary/aromatic N) is 2. The van der Waals surface area contributed by atoms with Crippen LogP contribution in [0.3, 0.4) is 0 Å². The van der Waals surface area contributed by atoms with Crippen LogP contribution in [0, 0.1) is 13.8 Å². The van der Waals surface area contributed by atoms with Gasteiger partial charge in [-0.05, 0) is 74.4 Å². The van der Waals surface area contributed by atoms with Crippen LogP contribution in [-0.4, -0.2) is 41.5 Å². The summed E-state index contributed by atoms with van der Waals surface area (Å²) in [7, 11) is 1.54. The molecule has 4 aromatic rings. The van der Waals surface area contributed by atoms with Crippen molar-refractivity contribution in [3.63, 3.8) is 0 Å². The third-order valence-corrected chi connectivity index (χ3v) is 7.85. The van der Waals surface area contributed by atoms with Crippen molar-refractivity contribution in [1.82, 2.24) is 4.98 Å². The van der Waals surface area contributed by atoms with E-state index in [4.69, 9.17) is 14.2 Å². The molecule has 1 aromatic heterocycles. The normalized spacial score (nSPS) is 16.0. The number of methoxy groups -OCH3 is 1. The summed E-state index contributed by atoms with van der Waals surface area (Å²) in [4.78, 5) is 45.7. The molecule has 1 atom stereocenters. The van der Waals surface area contributed by atoms with Crippen molar-refractivity contribution in [2.45, 2.75) is 26.8 Å². The molecule has 42 heavy (non-hydrogen) atoms. The van der Waals surface area contributed by atoms with E-state index in [1.165, 1.54) is 4.90 Å². The van der Waals surface area contributed by atoms with E-state index in [2.05, 4.69) is 4.98 Å². The second-order valence-corrected chi connectivity index (χ2v) is 10.5. The molecule has 0 unspecified atom stereocenters. The van der Waals surface area contributed by atoms with Gasteiger partial charge in [0.2, 0.25) is 0 Å². The topological polar surface area (TPSA) is 115 Å². The van der Waals surface area contributed by atoms with Crippen LogP contribution in [0.1, 0.15) is 45.0 Å². The Morgan fingerprint density at radius 2 is 1.74 bits per heavy atom. The SMILES string of the molecule is CCOC(=O)c1sc(N2C(=O)C(=O)C(=C(O)c3ccc(OC)c(C)c3)[C@H]2c2cccc(Oc3ccccc3)c2)nc1C. The third-order valence-electron chi connectivity index (χ3n) is 6.72. The molecule has 10 heteroatoms. The molecule has 0 radical (unpaired) electrons. The molecule has 0 saturated carbocycles. The van der Waals surface area contributed by atoms with Gasteiger partial charge in [-0.15, -0.1) is 0 Å². The van der Waals surface area contributed by atoms with Gasteiger partial charge in [0.25, 0.3) is 5.78 Å². The van der Waals surface area contributed by atoms with E-state index in [1.54, 1.807) is 75.6 Å². The number of Topliss-reactive ketones (excluding diaryl/α,β-unsaturated/α-hetero) is 1. The van der Waals surface area contributed by atoms with Crippen LogP contribution in [0.4, 0.5) is 5.13 Å². The molecule has 1 saturated heterocycles. The summed E-state index contributed by atoms with van der Waals surface area (Å²) in [6.45, 7) is 5.31. The minimum absolute atomic E-state index is 0.119. The number of para-hydroxylation sites is 1. The van der Waals surface area contributed by atoms with Gasteiger partial charge in [-0.25, -0.2) is 9.78 Å². The van der Waals surface area contributed by atoms with Gasteiger partial charge in [0, 0.05) is 5.56 Å². The number of benzene rings is 3. The highest BCUT2D eigenvalue weighted by Gasteiger charge is 2.48. The fraction of sp³-hybridized carbons (Fsp3) is 0.188. The monoisotopic (exact) mass is 584 g/mol. The average Bonchev–Trinajstić information content (AvgIpc) is 3.49. The summed E-state index contributed by atoms with van der Waals surface area (Å²) in [5.41, 5.74) is 1.82. The van der Waals surface area contributed by atoms with Gasteiger partial charge in [-0.3, -0.25) is 14.5 Å². The molecular formula is C32H28N2O7S. The van der Waals surface area contributed by atoms with Crippen LogP contribution in [0.15, 0.2) is 78.4 Å². The van der Waals surface area contributed by atoms with Crippen molar-refractivity contribution in [1.29, 1.82) is 0 Å². The molecule has 0 spiro atoms. The molecule has 214 valence electrons. The highest BCUT2D eigenvalue weighted by atomic mass is 32.1. The predicted molar refractivity (Wildman–Crippen MR) is 158 cm³/mol. The maximum absolute atomic E-state index is 13.6. The van der Waals surface area contributed by atoms with Gasteiger partial charge in [0.05, 0.1) is 31.0 Å². The number of ketones is 1. The Morgan fingerprint density at radius 3 is 2.43 bits per heavy atom. The first kappa shape index (κ1) is 28.6. The first-order valence-corrected chi connectivity index (χ1v) is 14.0. The molecular weight excluding hydrogens is 556 g/mol. The maximum Gasteiger partial charge on any atom is 0.350 e. The Morgan fingerprint density at radius 1 is 1.00 bits per heavy atom. The molecule has 1 fully saturated rings. The average molecular weight is 585 g/mol. The fourth-order valence-electron chi connectivity index (χ4n) is 4.77. The Kier molecular flexibility index (Phi) is 8.08. The summed E-state index contributed by atoms with van der Waals surface area (Å²) < 4.78 is 16.5. The second kappa shape index (κ2) is 11.9. The molecule has 1 aliphatic rings. The zero-order chi connectivity index (χ0) is 30.0. The predicted octanol–water partition coefficient (Wildman–Crippen LogP) is 6.36. The van der Waals surface area contributed by atoms with Crippen LogP contribution in [0.2, 0.25) is 0 Å². The zero-order valence-electron chi connectivity index (χ0n) is 23.4. The third kappa shape index (κ3) is 5.36. The highest BCUT2D eigenvalue weighted by molar-refractivity contribution is 7.17.